The predicted octanol–water partition coefficient (Wildman–Crippen LogP) is 3.35. The van der Waals surface area contributed by atoms with Crippen LogP contribution < -0.4 is 5.32 Å². The first-order chi connectivity index (χ1) is 9.67. The van der Waals surface area contributed by atoms with Crippen LogP contribution in [0.25, 0.3) is 0 Å². The van der Waals surface area contributed by atoms with Gasteiger partial charge in [0.2, 0.25) is 5.91 Å². The van der Waals surface area contributed by atoms with Crippen molar-refractivity contribution in [2.24, 2.45) is 5.92 Å². The predicted molar refractivity (Wildman–Crippen MR) is 88.2 cm³/mol. The number of thioether (sulfide) groups is 1. The number of thiophene rings is 1. The van der Waals surface area contributed by atoms with Crippen molar-refractivity contribution in [3.8, 4) is 0 Å². The molecule has 0 radical (unpaired) electrons. The summed E-state index contributed by atoms with van der Waals surface area (Å²) in [4.78, 5) is 14.6. The highest BCUT2D eigenvalue weighted by Gasteiger charge is 2.39. The lowest BCUT2D eigenvalue weighted by atomic mass is 10.1. The van der Waals surface area contributed by atoms with Gasteiger partial charge in [-0.2, -0.15) is 23.1 Å². The third-order valence-corrected chi connectivity index (χ3v) is 5.25. The Labute approximate surface area is 130 Å². The number of amides is 1. The van der Waals surface area contributed by atoms with Gasteiger partial charge in [-0.05, 0) is 46.7 Å². The van der Waals surface area contributed by atoms with Crippen molar-refractivity contribution < 1.29 is 4.79 Å². The molecule has 3 atom stereocenters. The maximum absolute atomic E-state index is 12.6. The third kappa shape index (κ3) is 3.57. The van der Waals surface area contributed by atoms with E-state index in [1.165, 1.54) is 5.56 Å². The van der Waals surface area contributed by atoms with Crippen molar-refractivity contribution in [1.29, 1.82) is 0 Å². The molecule has 3 unspecified atom stereocenters. The fourth-order valence-electron chi connectivity index (χ4n) is 2.75. The number of nitrogens with zero attached hydrogens (tertiary/aromatic N) is 1. The maximum Gasteiger partial charge on any atom is 0.241 e. The number of carbonyl (C=O) groups is 1. The summed E-state index contributed by atoms with van der Waals surface area (Å²) < 4.78 is 0. The highest BCUT2D eigenvalue weighted by atomic mass is 32.2. The lowest BCUT2D eigenvalue weighted by Crippen LogP contribution is -2.35. The molecule has 0 aliphatic carbocycles. The number of carbonyl (C=O) groups excluding carboxylic acids is 1. The standard InChI is InChI=1S/C15H24N2OS2/c1-4-5-13-15(18)17(8-11(2)9-19-3)14(16-13)12-6-7-20-10-12/h6-7,10-11,13-14,16H,4-5,8-9H2,1-3H3. The van der Waals surface area contributed by atoms with Gasteiger partial charge in [0.1, 0.15) is 6.17 Å². The van der Waals surface area contributed by atoms with E-state index in [4.69, 9.17) is 0 Å². The van der Waals surface area contributed by atoms with E-state index in [1.54, 1.807) is 11.3 Å². The van der Waals surface area contributed by atoms with Crippen LogP contribution >= 0.6 is 23.1 Å². The normalized spacial score (nSPS) is 24.4. The lowest BCUT2D eigenvalue weighted by molar-refractivity contribution is -0.130. The molecule has 0 spiro atoms. The summed E-state index contributed by atoms with van der Waals surface area (Å²) in [5.74, 6) is 1.90. The molecule has 1 aromatic rings. The van der Waals surface area contributed by atoms with Crippen LogP contribution in [-0.2, 0) is 4.79 Å². The first-order valence-corrected chi connectivity index (χ1v) is 9.58. The second-order valence-electron chi connectivity index (χ2n) is 5.52. The summed E-state index contributed by atoms with van der Waals surface area (Å²) >= 11 is 3.54. The summed E-state index contributed by atoms with van der Waals surface area (Å²) in [7, 11) is 0. The van der Waals surface area contributed by atoms with E-state index in [2.05, 4.69) is 42.2 Å². The van der Waals surface area contributed by atoms with E-state index >= 15 is 0 Å². The average Bonchev–Trinajstić information content (AvgIpc) is 3.02. The zero-order valence-corrected chi connectivity index (χ0v) is 14.1. The molecule has 1 fully saturated rings. The van der Waals surface area contributed by atoms with Crippen molar-refractivity contribution in [2.45, 2.75) is 38.9 Å². The van der Waals surface area contributed by atoms with Crippen molar-refractivity contribution in [3.05, 3.63) is 22.4 Å². The van der Waals surface area contributed by atoms with Gasteiger partial charge in [0.05, 0.1) is 6.04 Å². The number of rotatable bonds is 7. The van der Waals surface area contributed by atoms with Gasteiger partial charge < -0.3 is 4.90 Å². The summed E-state index contributed by atoms with van der Waals surface area (Å²) in [6.07, 6.45) is 4.15. The van der Waals surface area contributed by atoms with E-state index in [0.29, 0.717) is 5.92 Å². The second kappa shape index (κ2) is 7.48. The molecular weight excluding hydrogens is 288 g/mol. The maximum atomic E-state index is 12.6. The Morgan fingerprint density at radius 2 is 2.35 bits per heavy atom. The van der Waals surface area contributed by atoms with E-state index in [-0.39, 0.29) is 18.1 Å². The van der Waals surface area contributed by atoms with Gasteiger partial charge in [-0.15, -0.1) is 0 Å². The minimum Gasteiger partial charge on any atom is -0.321 e. The SMILES string of the molecule is CCCC1NC(c2ccsc2)N(CC(C)CSC)C1=O. The molecule has 5 heteroatoms. The zero-order valence-electron chi connectivity index (χ0n) is 12.5. The number of hydrogen-bond acceptors (Lipinski definition) is 4. The minimum absolute atomic E-state index is 0.00798. The van der Waals surface area contributed by atoms with Crippen molar-refractivity contribution >= 4 is 29.0 Å². The highest BCUT2D eigenvalue weighted by Crippen LogP contribution is 2.29. The smallest absolute Gasteiger partial charge is 0.241 e. The van der Waals surface area contributed by atoms with E-state index in [9.17, 15) is 4.79 Å². The van der Waals surface area contributed by atoms with E-state index in [1.807, 2.05) is 16.7 Å². The second-order valence-corrected chi connectivity index (χ2v) is 7.21. The van der Waals surface area contributed by atoms with E-state index in [0.717, 1.165) is 25.1 Å². The molecule has 1 saturated heterocycles. The highest BCUT2D eigenvalue weighted by molar-refractivity contribution is 7.98. The molecule has 20 heavy (non-hydrogen) atoms. The number of hydrogen-bond donors (Lipinski definition) is 1. The van der Waals surface area contributed by atoms with Gasteiger partial charge in [0.25, 0.3) is 0 Å². The Kier molecular flexibility index (Phi) is 5.93. The summed E-state index contributed by atoms with van der Waals surface area (Å²) in [6.45, 7) is 5.20. The molecule has 3 nitrogen and oxygen atoms in total. The minimum atomic E-state index is -0.00798. The van der Waals surface area contributed by atoms with Crippen LogP contribution in [0.1, 0.15) is 38.4 Å². The van der Waals surface area contributed by atoms with Crippen LogP contribution in [0.4, 0.5) is 0 Å². The quantitative estimate of drug-likeness (QED) is 0.838. The Morgan fingerprint density at radius 3 is 2.95 bits per heavy atom. The van der Waals surface area contributed by atoms with Crippen LogP contribution in [-0.4, -0.2) is 35.4 Å². The topological polar surface area (TPSA) is 32.3 Å². The number of nitrogens with one attached hydrogen (secondary N) is 1. The zero-order chi connectivity index (χ0) is 14.5. The first-order valence-electron chi connectivity index (χ1n) is 7.25. The van der Waals surface area contributed by atoms with Gasteiger partial charge in [0.15, 0.2) is 0 Å². The molecule has 2 heterocycles. The monoisotopic (exact) mass is 312 g/mol. The summed E-state index contributed by atoms with van der Waals surface area (Å²) in [5.41, 5.74) is 1.22. The molecule has 0 aromatic carbocycles. The van der Waals surface area contributed by atoms with Crippen LogP contribution in [0.15, 0.2) is 16.8 Å². The summed E-state index contributed by atoms with van der Waals surface area (Å²) in [6, 6.07) is 2.11. The van der Waals surface area contributed by atoms with Crippen molar-refractivity contribution in [2.75, 3.05) is 18.6 Å². The van der Waals surface area contributed by atoms with Crippen LogP contribution in [0.2, 0.25) is 0 Å². The van der Waals surface area contributed by atoms with Crippen molar-refractivity contribution in [3.63, 3.8) is 0 Å². The molecule has 1 N–H and O–H groups in total. The Hall–Kier alpha value is -0.520. The fraction of sp³-hybridized carbons (Fsp3) is 0.667. The molecule has 0 bridgehead atoms. The lowest BCUT2D eigenvalue weighted by Gasteiger charge is -2.26. The van der Waals surface area contributed by atoms with Gasteiger partial charge in [-0.3, -0.25) is 10.1 Å². The summed E-state index contributed by atoms with van der Waals surface area (Å²) in [5, 5.41) is 7.74. The van der Waals surface area contributed by atoms with Crippen LogP contribution in [0, 0.1) is 5.92 Å². The average molecular weight is 313 g/mol. The molecular formula is C15H24N2OS2. The third-order valence-electron chi connectivity index (χ3n) is 3.65. The van der Waals surface area contributed by atoms with E-state index < -0.39 is 0 Å². The van der Waals surface area contributed by atoms with Gasteiger partial charge in [0, 0.05) is 6.54 Å². The van der Waals surface area contributed by atoms with Crippen LogP contribution in [0.3, 0.4) is 0 Å². The molecule has 0 saturated carbocycles. The Morgan fingerprint density at radius 1 is 1.55 bits per heavy atom. The Balaban J connectivity index is 2.12. The molecule has 1 amide bonds. The largest absolute Gasteiger partial charge is 0.321 e. The van der Waals surface area contributed by atoms with Crippen molar-refractivity contribution in [1.82, 2.24) is 10.2 Å². The first kappa shape index (κ1) is 15.9. The molecule has 1 aromatic heterocycles. The Bertz CT molecular complexity index is 422. The molecule has 1 aliphatic heterocycles. The van der Waals surface area contributed by atoms with Crippen LogP contribution in [0.5, 0.6) is 0 Å². The van der Waals surface area contributed by atoms with Gasteiger partial charge >= 0.3 is 0 Å². The molecule has 112 valence electrons. The molecule has 2 rings (SSSR count). The molecule has 1 aliphatic rings. The van der Waals surface area contributed by atoms with Gasteiger partial charge in [-0.25, -0.2) is 0 Å². The van der Waals surface area contributed by atoms with Gasteiger partial charge in [-0.1, -0.05) is 20.3 Å². The fourth-order valence-corrected chi connectivity index (χ4v) is 4.10.